The Morgan fingerprint density at radius 2 is 2.00 bits per heavy atom. The fourth-order valence-electron chi connectivity index (χ4n) is 3.37. The lowest BCUT2D eigenvalue weighted by Crippen LogP contribution is -2.47. The average Bonchev–Trinajstić information content (AvgIpc) is 3.04. The van der Waals surface area contributed by atoms with E-state index in [0.717, 1.165) is 31.5 Å². The van der Waals surface area contributed by atoms with Crippen LogP contribution >= 0.6 is 24.0 Å². The molecule has 23 heavy (non-hydrogen) atoms. The van der Waals surface area contributed by atoms with E-state index in [1.165, 1.54) is 0 Å². The van der Waals surface area contributed by atoms with E-state index in [-0.39, 0.29) is 30.3 Å². The zero-order valence-corrected chi connectivity index (χ0v) is 14.8. The summed E-state index contributed by atoms with van der Waals surface area (Å²) in [5, 5.41) is 4.00. The van der Waals surface area contributed by atoms with Crippen LogP contribution in [0.25, 0.3) is 0 Å². The van der Waals surface area contributed by atoms with Crippen LogP contribution in [0.1, 0.15) is 24.4 Å². The lowest BCUT2D eigenvalue weighted by Gasteiger charge is -2.34. The number of halogens is 2. The van der Waals surface area contributed by atoms with Crippen LogP contribution in [-0.4, -0.2) is 43.5 Å². The Morgan fingerprint density at radius 3 is 2.65 bits per heavy atom. The molecule has 1 aromatic rings. The molecule has 2 fully saturated rings. The monoisotopic (exact) mass is 358 g/mol. The van der Waals surface area contributed by atoms with Gasteiger partial charge in [-0.2, -0.15) is 0 Å². The van der Waals surface area contributed by atoms with E-state index in [1.807, 2.05) is 36.2 Å². The summed E-state index contributed by atoms with van der Waals surface area (Å²) in [6, 6.07) is 8.19. The Kier molecular flexibility index (Phi) is 6.68. The third-order valence-electron chi connectivity index (χ3n) is 4.75. The van der Waals surface area contributed by atoms with E-state index < -0.39 is 0 Å². The van der Waals surface area contributed by atoms with Gasteiger partial charge in [0.25, 0.3) is 0 Å². The zero-order chi connectivity index (χ0) is 15.5. The summed E-state index contributed by atoms with van der Waals surface area (Å²) in [5.74, 6) is 0.114. The molecular formula is C16H24Cl2N4O. The number of hydrogen-bond donors (Lipinski definition) is 3. The van der Waals surface area contributed by atoms with Crippen molar-refractivity contribution in [3.05, 3.63) is 34.9 Å². The Labute approximate surface area is 148 Å². The van der Waals surface area contributed by atoms with Gasteiger partial charge in [0.15, 0.2) is 0 Å². The van der Waals surface area contributed by atoms with Gasteiger partial charge < -0.3 is 10.2 Å². The predicted molar refractivity (Wildman–Crippen MR) is 94.7 cm³/mol. The van der Waals surface area contributed by atoms with Gasteiger partial charge >= 0.3 is 0 Å². The van der Waals surface area contributed by atoms with Gasteiger partial charge in [0.05, 0.1) is 12.0 Å². The first-order chi connectivity index (χ1) is 10.7. The Morgan fingerprint density at radius 1 is 1.30 bits per heavy atom. The minimum absolute atomic E-state index is 0. The van der Waals surface area contributed by atoms with Crippen LogP contribution in [0.3, 0.4) is 0 Å². The maximum absolute atomic E-state index is 12.9. The van der Waals surface area contributed by atoms with Crippen LogP contribution in [0, 0.1) is 5.92 Å². The molecule has 2 aliphatic rings. The van der Waals surface area contributed by atoms with Crippen molar-refractivity contribution in [3.8, 4) is 0 Å². The van der Waals surface area contributed by atoms with E-state index in [4.69, 9.17) is 11.6 Å². The number of piperidine rings is 1. The van der Waals surface area contributed by atoms with Gasteiger partial charge in [0.1, 0.15) is 0 Å². The van der Waals surface area contributed by atoms with Crippen molar-refractivity contribution in [3.63, 3.8) is 0 Å². The highest BCUT2D eigenvalue weighted by molar-refractivity contribution is 6.31. The van der Waals surface area contributed by atoms with Crippen molar-refractivity contribution in [1.29, 1.82) is 0 Å². The quantitative estimate of drug-likeness (QED) is 0.770. The molecule has 0 aromatic heterocycles. The average molecular weight is 359 g/mol. The third kappa shape index (κ3) is 3.98. The number of likely N-dealkylation sites (tertiary alicyclic amines) is 1. The van der Waals surface area contributed by atoms with Crippen LogP contribution in [0.4, 0.5) is 0 Å². The SMILES string of the molecule is CNC1CCN(C(=O)C2CNNC2c2ccccc2Cl)CC1.Cl. The first-order valence-electron chi connectivity index (χ1n) is 7.89. The first kappa shape index (κ1) is 18.5. The maximum Gasteiger partial charge on any atom is 0.229 e. The molecule has 1 amide bonds. The summed E-state index contributed by atoms with van der Waals surface area (Å²) < 4.78 is 0. The second-order valence-electron chi connectivity index (χ2n) is 6.02. The van der Waals surface area contributed by atoms with Gasteiger partial charge in [-0.05, 0) is 31.5 Å². The molecule has 2 heterocycles. The largest absolute Gasteiger partial charge is 0.342 e. The molecule has 5 nitrogen and oxygen atoms in total. The van der Waals surface area contributed by atoms with Crippen molar-refractivity contribution in [2.75, 3.05) is 26.7 Å². The summed E-state index contributed by atoms with van der Waals surface area (Å²) >= 11 is 6.30. The minimum Gasteiger partial charge on any atom is -0.342 e. The fourth-order valence-corrected chi connectivity index (χ4v) is 3.63. The second kappa shape index (κ2) is 8.31. The molecule has 3 rings (SSSR count). The molecule has 2 atom stereocenters. The van der Waals surface area contributed by atoms with E-state index in [1.54, 1.807) is 0 Å². The minimum atomic E-state index is -0.106. The van der Waals surface area contributed by atoms with Gasteiger partial charge in [-0.15, -0.1) is 12.4 Å². The van der Waals surface area contributed by atoms with Crippen molar-refractivity contribution in [1.82, 2.24) is 21.1 Å². The summed E-state index contributed by atoms with van der Waals surface area (Å²) in [4.78, 5) is 14.9. The van der Waals surface area contributed by atoms with E-state index in [2.05, 4.69) is 16.2 Å². The number of rotatable bonds is 3. The lowest BCUT2D eigenvalue weighted by atomic mass is 9.92. The molecule has 0 saturated carbocycles. The van der Waals surface area contributed by atoms with Gasteiger partial charge in [0, 0.05) is 30.7 Å². The molecular weight excluding hydrogens is 335 g/mol. The predicted octanol–water partition coefficient (Wildman–Crippen LogP) is 1.74. The van der Waals surface area contributed by atoms with Gasteiger partial charge in [-0.1, -0.05) is 29.8 Å². The van der Waals surface area contributed by atoms with Gasteiger partial charge in [-0.3, -0.25) is 10.2 Å². The summed E-state index contributed by atoms with van der Waals surface area (Å²) in [5.41, 5.74) is 7.31. The van der Waals surface area contributed by atoms with Crippen molar-refractivity contribution in [2.24, 2.45) is 5.92 Å². The molecule has 2 unspecified atom stereocenters. The van der Waals surface area contributed by atoms with Crippen molar-refractivity contribution in [2.45, 2.75) is 24.9 Å². The van der Waals surface area contributed by atoms with Crippen LogP contribution in [-0.2, 0) is 4.79 Å². The molecule has 2 saturated heterocycles. The van der Waals surface area contributed by atoms with E-state index >= 15 is 0 Å². The maximum atomic E-state index is 12.9. The van der Waals surface area contributed by atoms with Crippen LogP contribution in [0.5, 0.6) is 0 Å². The summed E-state index contributed by atoms with van der Waals surface area (Å²) in [6.45, 7) is 2.30. The normalized spacial score (nSPS) is 25.2. The highest BCUT2D eigenvalue weighted by atomic mass is 35.5. The number of carbonyl (C=O) groups excluding carboxylic acids is 1. The summed E-state index contributed by atoms with van der Waals surface area (Å²) in [6.07, 6.45) is 2.04. The van der Waals surface area contributed by atoms with Crippen molar-refractivity contribution < 1.29 is 4.79 Å². The Balaban J connectivity index is 0.00000192. The Hall–Kier alpha value is -0.850. The van der Waals surface area contributed by atoms with Crippen LogP contribution in [0.15, 0.2) is 24.3 Å². The van der Waals surface area contributed by atoms with Crippen LogP contribution < -0.4 is 16.2 Å². The number of carbonyl (C=O) groups is 1. The van der Waals surface area contributed by atoms with Gasteiger partial charge in [-0.25, -0.2) is 5.43 Å². The standard InChI is InChI=1S/C16H23ClN4O.ClH/c1-18-11-6-8-21(9-7-11)16(22)13-10-19-20-15(13)12-4-2-3-5-14(12)17;/h2-5,11,13,15,18-20H,6-10H2,1H3;1H. The zero-order valence-electron chi connectivity index (χ0n) is 13.2. The molecule has 1 aromatic carbocycles. The first-order valence-corrected chi connectivity index (χ1v) is 8.27. The van der Waals surface area contributed by atoms with E-state index in [9.17, 15) is 4.79 Å². The summed E-state index contributed by atoms with van der Waals surface area (Å²) in [7, 11) is 1.99. The molecule has 128 valence electrons. The smallest absolute Gasteiger partial charge is 0.229 e. The molecule has 0 radical (unpaired) electrons. The molecule has 7 heteroatoms. The number of benzene rings is 1. The molecule has 2 aliphatic heterocycles. The topological polar surface area (TPSA) is 56.4 Å². The molecule has 0 spiro atoms. The highest BCUT2D eigenvalue weighted by Gasteiger charge is 2.38. The number of amides is 1. The third-order valence-corrected chi connectivity index (χ3v) is 5.10. The number of nitrogens with one attached hydrogen (secondary N) is 3. The molecule has 3 N–H and O–H groups in total. The number of hydrogen-bond acceptors (Lipinski definition) is 4. The fraction of sp³-hybridized carbons (Fsp3) is 0.562. The number of hydrazine groups is 1. The van der Waals surface area contributed by atoms with Gasteiger partial charge in [0.2, 0.25) is 5.91 Å². The van der Waals surface area contributed by atoms with Crippen molar-refractivity contribution >= 4 is 29.9 Å². The molecule has 0 bridgehead atoms. The molecule has 0 aliphatic carbocycles. The number of nitrogens with zero attached hydrogens (tertiary/aromatic N) is 1. The van der Waals surface area contributed by atoms with Crippen LogP contribution in [0.2, 0.25) is 5.02 Å². The van der Waals surface area contributed by atoms with E-state index in [0.29, 0.717) is 17.6 Å². The second-order valence-corrected chi connectivity index (χ2v) is 6.43. The lowest BCUT2D eigenvalue weighted by molar-refractivity contribution is -0.136. The Bertz CT molecular complexity index is 535. The highest BCUT2D eigenvalue weighted by Crippen LogP contribution is 2.31.